The molecular formula is C22H22N2O5S. The molecule has 4 rings (SSSR count). The lowest BCUT2D eigenvalue weighted by atomic mass is 10.1. The first-order valence-corrected chi connectivity index (χ1v) is 11.3. The van der Waals surface area contributed by atoms with Crippen LogP contribution in [0, 0.1) is 0 Å². The summed E-state index contributed by atoms with van der Waals surface area (Å²) in [6, 6.07) is 14.3. The number of para-hydroxylation sites is 1. The number of piperidine rings is 1. The molecule has 1 amide bonds. The van der Waals surface area contributed by atoms with Gasteiger partial charge in [0.05, 0.1) is 4.90 Å². The maximum atomic E-state index is 12.9. The van der Waals surface area contributed by atoms with Gasteiger partial charge in [-0.1, -0.05) is 24.6 Å². The highest BCUT2D eigenvalue weighted by molar-refractivity contribution is 7.89. The minimum atomic E-state index is -3.58. The number of benzene rings is 2. The van der Waals surface area contributed by atoms with Gasteiger partial charge < -0.3 is 9.73 Å². The molecule has 2 aromatic carbocycles. The fraction of sp³-hybridized carbons (Fsp3) is 0.273. The number of amides is 1. The monoisotopic (exact) mass is 426 g/mol. The van der Waals surface area contributed by atoms with Crippen molar-refractivity contribution in [2.45, 2.75) is 37.1 Å². The van der Waals surface area contributed by atoms with Gasteiger partial charge in [0, 0.05) is 23.7 Å². The Kier molecular flexibility index (Phi) is 5.44. The predicted molar refractivity (Wildman–Crippen MR) is 114 cm³/mol. The number of carbonyl (C=O) groups excluding carboxylic acids is 1. The molecule has 1 atom stereocenters. The molecule has 2 heterocycles. The molecule has 1 aliphatic heterocycles. The smallest absolute Gasteiger partial charge is 0.349 e. The van der Waals surface area contributed by atoms with Gasteiger partial charge in [-0.15, -0.1) is 0 Å². The molecule has 7 nitrogen and oxygen atoms in total. The van der Waals surface area contributed by atoms with E-state index < -0.39 is 21.6 Å². The Balaban J connectivity index is 1.54. The predicted octanol–water partition coefficient (Wildman–Crippen LogP) is 3.61. The molecule has 1 N–H and O–H groups in total. The molecule has 0 spiro atoms. The van der Waals surface area contributed by atoms with Crippen LogP contribution in [0.15, 0.2) is 68.7 Å². The molecule has 8 heteroatoms. The minimum absolute atomic E-state index is 0.0322. The summed E-state index contributed by atoms with van der Waals surface area (Å²) in [4.78, 5) is 24.9. The number of anilines is 1. The van der Waals surface area contributed by atoms with Crippen LogP contribution in [0.1, 0.15) is 36.5 Å². The Morgan fingerprint density at radius 2 is 1.83 bits per heavy atom. The molecule has 1 aliphatic rings. The van der Waals surface area contributed by atoms with Crippen LogP contribution >= 0.6 is 0 Å². The zero-order valence-corrected chi connectivity index (χ0v) is 17.3. The van der Waals surface area contributed by atoms with E-state index in [1.165, 1.54) is 34.6 Å². The first kappa shape index (κ1) is 20.3. The summed E-state index contributed by atoms with van der Waals surface area (Å²) < 4.78 is 32.5. The third kappa shape index (κ3) is 3.88. The second kappa shape index (κ2) is 8.04. The van der Waals surface area contributed by atoms with E-state index in [4.69, 9.17) is 4.42 Å². The van der Waals surface area contributed by atoms with E-state index in [1.54, 1.807) is 24.3 Å². The van der Waals surface area contributed by atoms with Crippen molar-refractivity contribution in [3.05, 3.63) is 70.6 Å². The number of hydrogen-bond donors (Lipinski definition) is 1. The molecule has 0 unspecified atom stereocenters. The van der Waals surface area contributed by atoms with E-state index >= 15 is 0 Å². The molecule has 0 aliphatic carbocycles. The largest absolute Gasteiger partial charge is 0.422 e. The van der Waals surface area contributed by atoms with Gasteiger partial charge in [-0.05, 0) is 56.2 Å². The maximum absolute atomic E-state index is 12.9. The highest BCUT2D eigenvalue weighted by atomic mass is 32.2. The number of sulfonamides is 1. The van der Waals surface area contributed by atoms with Gasteiger partial charge in [0.2, 0.25) is 10.0 Å². The SMILES string of the molecule is C[C@@H]1CCCCN1S(=O)(=O)c1ccc(NC(=O)c2cc3ccccc3oc2=O)cc1. The summed E-state index contributed by atoms with van der Waals surface area (Å²) >= 11 is 0. The zero-order chi connectivity index (χ0) is 21.3. The normalized spacial score (nSPS) is 17.7. The lowest BCUT2D eigenvalue weighted by Crippen LogP contribution is -2.41. The second-order valence-electron chi connectivity index (χ2n) is 7.42. The molecule has 156 valence electrons. The van der Waals surface area contributed by atoms with Crippen molar-refractivity contribution < 1.29 is 17.6 Å². The number of nitrogens with zero attached hydrogens (tertiary/aromatic N) is 1. The summed E-state index contributed by atoms with van der Waals surface area (Å²) in [6.07, 6.45) is 2.73. The van der Waals surface area contributed by atoms with Crippen molar-refractivity contribution in [3.8, 4) is 0 Å². The van der Waals surface area contributed by atoms with Crippen molar-refractivity contribution in [1.82, 2.24) is 4.31 Å². The van der Waals surface area contributed by atoms with Crippen molar-refractivity contribution in [2.75, 3.05) is 11.9 Å². The fourth-order valence-corrected chi connectivity index (χ4v) is 5.39. The Labute approximate surface area is 174 Å². The minimum Gasteiger partial charge on any atom is -0.422 e. The maximum Gasteiger partial charge on any atom is 0.349 e. The lowest BCUT2D eigenvalue weighted by molar-refractivity contribution is 0.102. The van der Waals surface area contributed by atoms with E-state index in [0.717, 1.165) is 19.3 Å². The van der Waals surface area contributed by atoms with Crippen molar-refractivity contribution in [1.29, 1.82) is 0 Å². The molecule has 0 radical (unpaired) electrons. The van der Waals surface area contributed by atoms with E-state index in [2.05, 4.69) is 5.32 Å². The van der Waals surface area contributed by atoms with Gasteiger partial charge in [0.25, 0.3) is 5.91 Å². The van der Waals surface area contributed by atoms with Crippen molar-refractivity contribution in [2.24, 2.45) is 0 Å². The Morgan fingerprint density at radius 1 is 1.10 bits per heavy atom. The highest BCUT2D eigenvalue weighted by Crippen LogP contribution is 2.26. The van der Waals surface area contributed by atoms with Crippen LogP contribution < -0.4 is 10.9 Å². The van der Waals surface area contributed by atoms with Gasteiger partial charge in [-0.25, -0.2) is 13.2 Å². The summed E-state index contributed by atoms with van der Waals surface area (Å²) in [6.45, 7) is 2.43. The summed E-state index contributed by atoms with van der Waals surface area (Å²) in [5.41, 5.74) is -0.0595. The number of nitrogens with one attached hydrogen (secondary N) is 1. The summed E-state index contributed by atoms with van der Waals surface area (Å²) in [7, 11) is -3.58. The molecule has 1 saturated heterocycles. The molecule has 1 fully saturated rings. The first-order valence-electron chi connectivity index (χ1n) is 9.82. The Bertz CT molecular complexity index is 1250. The van der Waals surface area contributed by atoms with Crippen LogP contribution in [0.2, 0.25) is 0 Å². The Hall–Kier alpha value is -2.97. The van der Waals surface area contributed by atoms with Gasteiger partial charge in [-0.2, -0.15) is 4.31 Å². The zero-order valence-electron chi connectivity index (χ0n) is 16.5. The van der Waals surface area contributed by atoms with Crippen molar-refractivity contribution in [3.63, 3.8) is 0 Å². The number of hydrogen-bond acceptors (Lipinski definition) is 5. The van der Waals surface area contributed by atoms with Crippen molar-refractivity contribution >= 4 is 32.6 Å². The molecule has 1 aromatic heterocycles. The van der Waals surface area contributed by atoms with Crippen LogP contribution in [0.4, 0.5) is 5.69 Å². The van der Waals surface area contributed by atoms with E-state index in [1.807, 2.05) is 6.92 Å². The fourth-order valence-electron chi connectivity index (χ4n) is 3.69. The highest BCUT2D eigenvalue weighted by Gasteiger charge is 2.30. The summed E-state index contributed by atoms with van der Waals surface area (Å²) in [5, 5.41) is 3.26. The van der Waals surface area contributed by atoms with Gasteiger partial charge in [0.1, 0.15) is 11.1 Å². The van der Waals surface area contributed by atoms with E-state index in [0.29, 0.717) is 23.2 Å². The lowest BCUT2D eigenvalue weighted by Gasteiger charge is -2.32. The molecule has 0 bridgehead atoms. The van der Waals surface area contributed by atoms with Gasteiger partial charge >= 0.3 is 5.63 Å². The topological polar surface area (TPSA) is 96.7 Å². The number of rotatable bonds is 4. The van der Waals surface area contributed by atoms with Gasteiger partial charge in [0.15, 0.2) is 0 Å². The third-order valence-electron chi connectivity index (χ3n) is 5.35. The van der Waals surface area contributed by atoms with Crippen LogP contribution in [-0.2, 0) is 10.0 Å². The van der Waals surface area contributed by atoms with Crippen LogP contribution in [0.3, 0.4) is 0 Å². The van der Waals surface area contributed by atoms with Crippen LogP contribution in [-0.4, -0.2) is 31.2 Å². The molecule has 0 saturated carbocycles. The van der Waals surface area contributed by atoms with Gasteiger partial charge in [-0.3, -0.25) is 4.79 Å². The van der Waals surface area contributed by atoms with Crippen LogP contribution in [0.25, 0.3) is 11.0 Å². The number of fused-ring (bicyclic) bond motifs is 1. The van der Waals surface area contributed by atoms with E-state index in [-0.39, 0.29) is 16.5 Å². The van der Waals surface area contributed by atoms with E-state index in [9.17, 15) is 18.0 Å². The average molecular weight is 426 g/mol. The molecule has 30 heavy (non-hydrogen) atoms. The quantitative estimate of drug-likeness (QED) is 0.643. The molecular weight excluding hydrogens is 404 g/mol. The first-order chi connectivity index (χ1) is 14.4. The second-order valence-corrected chi connectivity index (χ2v) is 9.31. The standard InChI is InChI=1S/C22H22N2O5S/c1-15-6-4-5-13-24(15)30(27,28)18-11-9-17(10-12-18)23-21(25)19-14-16-7-2-3-8-20(16)29-22(19)26/h2-3,7-12,14-15H,4-6,13H2,1H3,(H,23,25)/t15-/m1/s1. The van der Waals surface area contributed by atoms with Crippen LogP contribution in [0.5, 0.6) is 0 Å². The number of carbonyl (C=O) groups is 1. The summed E-state index contributed by atoms with van der Waals surface area (Å²) in [5.74, 6) is -0.616. The average Bonchev–Trinajstić information content (AvgIpc) is 2.73. The Morgan fingerprint density at radius 3 is 2.57 bits per heavy atom. The molecule has 3 aromatic rings. The third-order valence-corrected chi connectivity index (χ3v) is 7.37.